The summed E-state index contributed by atoms with van der Waals surface area (Å²) in [6, 6.07) is 4.58. The van der Waals surface area contributed by atoms with Gasteiger partial charge >= 0.3 is 12.2 Å². The van der Waals surface area contributed by atoms with Crippen molar-refractivity contribution in [2.45, 2.75) is 169 Å². The Hall–Kier alpha value is -6.14. The topological polar surface area (TPSA) is 179 Å². The third kappa shape index (κ3) is 12.5. The van der Waals surface area contributed by atoms with Crippen LogP contribution in [0.4, 0.5) is 22.8 Å². The highest BCUT2D eigenvalue weighted by Crippen LogP contribution is 2.38. The molecule has 2 aliphatic heterocycles. The predicted octanol–water partition coefficient (Wildman–Crippen LogP) is 8.57. The molecule has 394 valence electrons. The minimum Gasteiger partial charge on any atom is -0.444 e. The number of imidazole rings is 1. The zero-order valence-corrected chi connectivity index (χ0v) is 44.0. The van der Waals surface area contributed by atoms with Crippen LogP contribution in [-0.2, 0) is 41.6 Å². The monoisotopic (exact) mass is 1010 g/mol. The number of aromatic amines is 1. The Morgan fingerprint density at radius 2 is 1.46 bits per heavy atom. The molecule has 2 fully saturated rings. The Morgan fingerprint density at radius 3 is 2.07 bits per heavy atom. The lowest BCUT2D eigenvalue weighted by Gasteiger charge is -2.33. The molecule has 4 aromatic rings. The zero-order chi connectivity index (χ0) is 53.3. The molecule has 16 nitrogen and oxygen atoms in total. The number of nitrogens with zero attached hydrogens (tertiary/aromatic N) is 6. The van der Waals surface area contributed by atoms with E-state index in [1.807, 2.05) is 18.4 Å². The van der Waals surface area contributed by atoms with E-state index >= 15 is 4.39 Å². The number of hydrogen-bond acceptors (Lipinski definition) is 9. The first-order valence-corrected chi connectivity index (χ1v) is 25.0. The maximum atomic E-state index is 15.7. The molecule has 2 aliphatic rings. The van der Waals surface area contributed by atoms with Gasteiger partial charge in [-0.05, 0) is 123 Å². The van der Waals surface area contributed by atoms with Crippen LogP contribution in [0.15, 0.2) is 36.4 Å². The first-order chi connectivity index (χ1) is 33.6. The molecule has 2 aromatic carbocycles. The Morgan fingerprint density at radius 1 is 0.847 bits per heavy atom. The number of likely N-dealkylation sites (N-methyl/N-ethyl adjacent to an activating group) is 2. The molecule has 0 spiro atoms. The van der Waals surface area contributed by atoms with Crippen molar-refractivity contribution in [1.82, 2.24) is 39.5 Å². The van der Waals surface area contributed by atoms with Gasteiger partial charge in [-0.2, -0.15) is 0 Å². The van der Waals surface area contributed by atoms with E-state index in [0.29, 0.717) is 58.4 Å². The predicted molar refractivity (Wildman–Crippen MR) is 267 cm³/mol. The van der Waals surface area contributed by atoms with E-state index in [9.17, 15) is 37.5 Å². The number of carbonyl (C=O) groups is 6. The lowest BCUT2D eigenvalue weighted by Crippen LogP contribution is -2.56. The number of aromatic nitrogens is 3. The van der Waals surface area contributed by atoms with Crippen LogP contribution in [0.3, 0.4) is 0 Å². The number of halogens is 3. The number of ketones is 1. The summed E-state index contributed by atoms with van der Waals surface area (Å²) in [4.78, 5) is 95.9. The van der Waals surface area contributed by atoms with Crippen LogP contribution in [0.25, 0.3) is 33.5 Å². The van der Waals surface area contributed by atoms with E-state index in [4.69, 9.17) is 14.5 Å². The zero-order valence-electron chi connectivity index (χ0n) is 44.0. The fourth-order valence-electron chi connectivity index (χ4n) is 9.59. The van der Waals surface area contributed by atoms with Gasteiger partial charge < -0.3 is 39.0 Å². The minimum absolute atomic E-state index is 0.00832. The fraction of sp³-hybridized carbons (Fsp3) is 0.604. The number of amides is 5. The molecule has 7 atom stereocenters. The van der Waals surface area contributed by atoms with Gasteiger partial charge in [-0.15, -0.1) is 0 Å². The number of carbonyl (C=O) groups excluding carboxylic acids is 6. The lowest BCUT2D eigenvalue weighted by molar-refractivity contribution is -0.139. The second-order valence-corrected chi connectivity index (χ2v) is 21.9. The van der Waals surface area contributed by atoms with Crippen LogP contribution in [0.1, 0.15) is 114 Å². The number of ether oxygens (including phenoxy) is 2. The molecular weight excluding hydrogens is 934 g/mol. The summed E-state index contributed by atoms with van der Waals surface area (Å²) in [5.41, 5.74) is 0.770. The van der Waals surface area contributed by atoms with Gasteiger partial charge in [-0.1, -0.05) is 20.8 Å². The van der Waals surface area contributed by atoms with E-state index in [2.05, 4.69) is 10.3 Å². The number of rotatable bonds is 16. The summed E-state index contributed by atoms with van der Waals surface area (Å²) in [5, 5.41) is 3.50. The van der Waals surface area contributed by atoms with E-state index in [0.717, 1.165) is 0 Å². The molecule has 2 N–H and O–H groups in total. The summed E-state index contributed by atoms with van der Waals surface area (Å²) in [6.07, 6.45) is -1.30. The van der Waals surface area contributed by atoms with Crippen molar-refractivity contribution in [3.8, 4) is 11.5 Å². The summed E-state index contributed by atoms with van der Waals surface area (Å²) < 4.78 is 58.5. The molecule has 2 aromatic heterocycles. The second-order valence-electron chi connectivity index (χ2n) is 21.9. The third-order valence-corrected chi connectivity index (χ3v) is 13.8. The summed E-state index contributed by atoms with van der Waals surface area (Å²) in [5.74, 6) is -3.42. The molecule has 19 heteroatoms. The Labute approximate surface area is 420 Å². The summed E-state index contributed by atoms with van der Waals surface area (Å²) >= 11 is 0. The number of nitrogens with one attached hydrogen (secondary N) is 2. The van der Waals surface area contributed by atoms with Gasteiger partial charge in [0.05, 0.1) is 29.3 Å². The third-order valence-electron chi connectivity index (χ3n) is 13.8. The molecule has 0 unspecified atom stereocenters. The van der Waals surface area contributed by atoms with E-state index < -0.39 is 89.1 Å². The molecular formula is C53H73F3N8O8. The number of hydrogen-bond donors (Lipinski definition) is 2. The first-order valence-electron chi connectivity index (χ1n) is 25.0. The van der Waals surface area contributed by atoms with Crippen LogP contribution >= 0.6 is 0 Å². The number of H-pyrrole nitrogens is 1. The number of benzene rings is 2. The van der Waals surface area contributed by atoms with Gasteiger partial charge in [0.15, 0.2) is 11.6 Å². The smallest absolute Gasteiger partial charge is 0.410 e. The maximum Gasteiger partial charge on any atom is 0.410 e. The highest BCUT2D eigenvalue weighted by Gasteiger charge is 2.42. The van der Waals surface area contributed by atoms with Crippen molar-refractivity contribution in [2.24, 2.45) is 11.8 Å². The summed E-state index contributed by atoms with van der Waals surface area (Å²) in [6.45, 7) is 19.3. The van der Waals surface area contributed by atoms with Crippen LogP contribution in [0.2, 0.25) is 0 Å². The second kappa shape index (κ2) is 21.9. The number of Topliss-reactive ketones (excluding diaryl/α,β-unsaturated/α-hetero) is 1. The van der Waals surface area contributed by atoms with Crippen LogP contribution < -0.4 is 5.32 Å². The molecule has 6 rings (SSSR count). The molecule has 0 saturated carbocycles. The normalized spacial score (nSPS) is 19.1. The summed E-state index contributed by atoms with van der Waals surface area (Å²) in [7, 11) is 2.92. The van der Waals surface area contributed by atoms with Crippen molar-refractivity contribution < 1.29 is 51.4 Å². The van der Waals surface area contributed by atoms with Crippen molar-refractivity contribution in [3.63, 3.8) is 0 Å². The van der Waals surface area contributed by atoms with Crippen LogP contribution in [0.5, 0.6) is 0 Å². The standard InChI is InChI=1S/C53H73F3N8O8/c1-14-32(22-43(65)30(4)60(12)50(69)71-52(6,7)8)48(67)63-27-35(56)23-37(63)26-39-38-19-17-33(54)24-40(38)57-45(39)46-58-41-25-34(55)18-20-42(41)64(46)28-36-16-15-21-62(36)49(68)44(29(2)3)59-47(66)31(5)61(13)51(70)72-53(9,10)11/h17-20,24-25,29-32,35-37,44,57H,14-16,21-23,26-28H2,1-13H3,(H,59,66)/t30-,31-,32+,35-,36-,37-,44-/m0/s1. The van der Waals surface area contributed by atoms with Crippen molar-refractivity contribution in [2.75, 3.05) is 27.2 Å². The number of likely N-dealkylation sites (tertiary alicyclic amines) is 2. The van der Waals surface area contributed by atoms with Gasteiger partial charge in [-0.25, -0.2) is 27.7 Å². The number of alkyl halides is 1. The molecule has 72 heavy (non-hydrogen) atoms. The van der Waals surface area contributed by atoms with Gasteiger partial charge in [0.1, 0.15) is 41.1 Å². The van der Waals surface area contributed by atoms with Gasteiger partial charge in [0.2, 0.25) is 17.7 Å². The Balaban J connectivity index is 1.31. The Kier molecular flexibility index (Phi) is 16.8. The van der Waals surface area contributed by atoms with Crippen LogP contribution in [-0.4, -0.2) is 145 Å². The number of fused-ring (bicyclic) bond motifs is 2. The van der Waals surface area contributed by atoms with Crippen molar-refractivity contribution in [3.05, 3.63) is 53.6 Å². The van der Waals surface area contributed by atoms with Gasteiger partial charge in [-0.3, -0.25) is 24.1 Å². The first kappa shape index (κ1) is 55.2. The molecule has 2 saturated heterocycles. The Bertz CT molecular complexity index is 2670. The van der Waals surface area contributed by atoms with Crippen molar-refractivity contribution in [1.29, 1.82) is 0 Å². The molecule has 5 amide bonds. The van der Waals surface area contributed by atoms with E-state index in [1.165, 1.54) is 53.1 Å². The van der Waals surface area contributed by atoms with Gasteiger partial charge in [0.25, 0.3) is 0 Å². The largest absolute Gasteiger partial charge is 0.444 e. The molecule has 0 aliphatic carbocycles. The van der Waals surface area contributed by atoms with E-state index in [-0.39, 0.29) is 56.4 Å². The quantitative estimate of drug-likeness (QED) is 0.111. The van der Waals surface area contributed by atoms with E-state index in [1.54, 1.807) is 79.3 Å². The minimum atomic E-state index is -1.37. The molecule has 0 radical (unpaired) electrons. The highest BCUT2D eigenvalue weighted by molar-refractivity contribution is 5.94. The average molecular weight is 1010 g/mol. The van der Waals surface area contributed by atoms with Crippen LogP contribution in [0, 0.1) is 23.5 Å². The average Bonchev–Trinajstić information content (AvgIpc) is 4.08. The van der Waals surface area contributed by atoms with Gasteiger partial charge in [0, 0.05) is 75.0 Å². The van der Waals surface area contributed by atoms with Crippen molar-refractivity contribution >= 4 is 57.6 Å². The lowest BCUT2D eigenvalue weighted by atomic mass is 9.93. The molecule has 0 bridgehead atoms. The molecule has 4 heterocycles. The SMILES string of the molecule is CC[C@H](CC(=O)[C@H](C)N(C)C(=O)OC(C)(C)C)C(=O)N1C[C@@H](F)C[C@H]1Cc1c(-c2nc3cc(F)ccc3n2C[C@@H]2CCCN2C(=O)[C@@H](NC(=O)[C@H](C)N(C)C(=O)OC(C)(C)C)C(C)C)[nH]c2cc(F)ccc12. The fourth-order valence-corrected chi connectivity index (χ4v) is 9.59. The maximum absolute atomic E-state index is 15.7. The highest BCUT2D eigenvalue weighted by atomic mass is 19.1.